The number of unbranched alkanes of at least 4 members (excludes halogenated alkanes) is 1. The Labute approximate surface area is 157 Å². The van der Waals surface area contributed by atoms with Gasteiger partial charge < -0.3 is 9.84 Å². The molecule has 5 nitrogen and oxygen atoms in total. The number of aliphatic hydroxyl groups excluding tert-OH is 1. The van der Waals surface area contributed by atoms with Crippen LogP contribution in [0.4, 0.5) is 0 Å². The Morgan fingerprint density at radius 2 is 1.81 bits per heavy atom. The summed E-state index contributed by atoms with van der Waals surface area (Å²) in [6.07, 6.45) is 0.173. The van der Waals surface area contributed by atoms with E-state index in [1.54, 1.807) is 24.3 Å². The van der Waals surface area contributed by atoms with Crippen molar-refractivity contribution in [1.82, 2.24) is 0 Å². The third-order valence-corrected chi connectivity index (χ3v) is 4.54. The number of hydrogen-bond donors (Lipinski definition) is 1. The molecule has 0 bridgehead atoms. The molecule has 0 amide bonds. The molecule has 1 unspecified atom stereocenters. The van der Waals surface area contributed by atoms with E-state index in [1.165, 1.54) is 0 Å². The van der Waals surface area contributed by atoms with Crippen LogP contribution in [0.2, 0.25) is 0 Å². The lowest BCUT2D eigenvalue weighted by Gasteiger charge is -2.10. The SMILES string of the molecule is CCCCOC(=O)c1cccc2c1-c1ccccc1/C2=C(\C#N)C(O)C#N. The molecule has 0 fully saturated rings. The fourth-order valence-electron chi connectivity index (χ4n) is 3.28. The molecule has 134 valence electrons. The minimum absolute atomic E-state index is 0.0276. The van der Waals surface area contributed by atoms with E-state index in [0.717, 1.165) is 18.4 Å². The first kappa shape index (κ1) is 18.4. The van der Waals surface area contributed by atoms with Crippen LogP contribution in [-0.4, -0.2) is 23.8 Å². The zero-order chi connectivity index (χ0) is 19.4. The maximum absolute atomic E-state index is 12.6. The summed E-state index contributed by atoms with van der Waals surface area (Å²) in [5.74, 6) is -0.421. The predicted octanol–water partition coefficient (Wildman–Crippen LogP) is 3.83. The van der Waals surface area contributed by atoms with Crippen molar-refractivity contribution in [3.8, 4) is 23.3 Å². The van der Waals surface area contributed by atoms with Crippen LogP contribution in [0.5, 0.6) is 0 Å². The minimum atomic E-state index is -1.54. The second kappa shape index (κ2) is 7.86. The van der Waals surface area contributed by atoms with E-state index in [0.29, 0.717) is 34.4 Å². The van der Waals surface area contributed by atoms with Crippen LogP contribution in [-0.2, 0) is 4.74 Å². The molecule has 1 aliphatic carbocycles. The second-order valence-corrected chi connectivity index (χ2v) is 6.20. The summed E-state index contributed by atoms with van der Waals surface area (Å²) in [4.78, 5) is 12.6. The third kappa shape index (κ3) is 3.21. The third-order valence-electron chi connectivity index (χ3n) is 4.54. The molecule has 0 aliphatic heterocycles. The fraction of sp³-hybridized carbons (Fsp3) is 0.227. The van der Waals surface area contributed by atoms with Crippen LogP contribution in [0.25, 0.3) is 16.7 Å². The Bertz CT molecular complexity index is 1010. The van der Waals surface area contributed by atoms with Crippen molar-refractivity contribution in [3.05, 3.63) is 64.7 Å². The topological polar surface area (TPSA) is 94.1 Å². The molecular weight excluding hydrogens is 340 g/mol. The van der Waals surface area contributed by atoms with Gasteiger partial charge in [0, 0.05) is 11.1 Å². The van der Waals surface area contributed by atoms with Crippen molar-refractivity contribution in [2.45, 2.75) is 25.9 Å². The molecule has 0 radical (unpaired) electrons. The van der Waals surface area contributed by atoms with Gasteiger partial charge in [-0.3, -0.25) is 0 Å². The molecule has 1 aliphatic rings. The van der Waals surface area contributed by atoms with Crippen LogP contribution >= 0.6 is 0 Å². The molecule has 2 aromatic carbocycles. The van der Waals surface area contributed by atoms with Crippen molar-refractivity contribution >= 4 is 11.5 Å². The molecule has 1 N–H and O–H groups in total. The number of hydrogen-bond acceptors (Lipinski definition) is 5. The largest absolute Gasteiger partial charge is 0.462 e. The lowest BCUT2D eigenvalue weighted by molar-refractivity contribution is 0.0500. The fourth-order valence-corrected chi connectivity index (χ4v) is 3.28. The van der Waals surface area contributed by atoms with Crippen molar-refractivity contribution in [1.29, 1.82) is 10.5 Å². The maximum atomic E-state index is 12.6. The molecular formula is C22H18N2O3. The van der Waals surface area contributed by atoms with Gasteiger partial charge in [-0.1, -0.05) is 49.7 Å². The maximum Gasteiger partial charge on any atom is 0.338 e. The molecule has 1 atom stereocenters. The number of fused-ring (bicyclic) bond motifs is 3. The number of ether oxygens (including phenoxy) is 1. The highest BCUT2D eigenvalue weighted by Gasteiger charge is 2.31. The zero-order valence-electron chi connectivity index (χ0n) is 14.9. The average molecular weight is 358 g/mol. The minimum Gasteiger partial charge on any atom is -0.462 e. The molecule has 5 heteroatoms. The zero-order valence-corrected chi connectivity index (χ0v) is 14.9. The molecule has 0 saturated heterocycles. The Morgan fingerprint density at radius 1 is 1.11 bits per heavy atom. The van der Waals surface area contributed by atoms with Gasteiger partial charge >= 0.3 is 5.97 Å². The van der Waals surface area contributed by atoms with Gasteiger partial charge in [-0.05, 0) is 29.2 Å². The van der Waals surface area contributed by atoms with Gasteiger partial charge in [-0.15, -0.1) is 0 Å². The van der Waals surface area contributed by atoms with E-state index in [9.17, 15) is 15.2 Å². The number of carbonyl (C=O) groups is 1. The van der Waals surface area contributed by atoms with E-state index < -0.39 is 12.1 Å². The summed E-state index contributed by atoms with van der Waals surface area (Å²) in [6.45, 7) is 2.37. The van der Waals surface area contributed by atoms with E-state index in [4.69, 9.17) is 10.00 Å². The Hall–Kier alpha value is -3.41. The standard InChI is InChI=1S/C22H18N2O3/c1-2-3-11-27-22(26)17-10-6-9-16-20(17)14-7-4-5-8-15(14)21(16)18(12-23)19(25)13-24/h4-10,19,25H,2-3,11H2,1H3/b21-18-. The number of aliphatic hydroxyl groups is 1. The number of benzene rings is 2. The van der Waals surface area contributed by atoms with E-state index in [1.807, 2.05) is 37.3 Å². The first-order chi connectivity index (χ1) is 13.1. The van der Waals surface area contributed by atoms with Crippen LogP contribution < -0.4 is 0 Å². The van der Waals surface area contributed by atoms with E-state index >= 15 is 0 Å². The molecule has 0 heterocycles. The normalized spacial score (nSPS) is 14.4. The number of esters is 1. The predicted molar refractivity (Wildman–Crippen MR) is 100 cm³/mol. The monoisotopic (exact) mass is 358 g/mol. The van der Waals surface area contributed by atoms with Crippen LogP contribution in [0.15, 0.2) is 48.0 Å². The highest BCUT2D eigenvalue weighted by Crippen LogP contribution is 2.47. The van der Waals surface area contributed by atoms with E-state index in [-0.39, 0.29) is 5.57 Å². The van der Waals surface area contributed by atoms with Crippen molar-refractivity contribution in [2.75, 3.05) is 6.61 Å². The van der Waals surface area contributed by atoms with Gasteiger partial charge in [0.15, 0.2) is 6.10 Å². The summed E-state index contributed by atoms with van der Waals surface area (Å²) >= 11 is 0. The first-order valence-electron chi connectivity index (χ1n) is 8.76. The number of nitrogens with zero attached hydrogens (tertiary/aromatic N) is 2. The van der Waals surface area contributed by atoms with E-state index in [2.05, 4.69) is 0 Å². The average Bonchev–Trinajstić information content (AvgIpc) is 3.03. The summed E-state index contributed by atoms with van der Waals surface area (Å²) in [6, 6.07) is 16.2. The quantitative estimate of drug-likeness (QED) is 0.324. The lowest BCUT2D eigenvalue weighted by Crippen LogP contribution is -2.09. The number of rotatable bonds is 5. The van der Waals surface area contributed by atoms with Gasteiger partial charge in [0.25, 0.3) is 0 Å². The Morgan fingerprint density at radius 3 is 2.48 bits per heavy atom. The molecule has 0 aromatic heterocycles. The second-order valence-electron chi connectivity index (χ2n) is 6.20. The molecule has 0 spiro atoms. The molecule has 0 saturated carbocycles. The smallest absolute Gasteiger partial charge is 0.338 e. The summed E-state index contributed by atoms with van der Waals surface area (Å²) in [5.41, 5.74) is 3.68. The highest BCUT2D eigenvalue weighted by atomic mass is 16.5. The van der Waals surface area contributed by atoms with Gasteiger partial charge in [-0.25, -0.2) is 4.79 Å². The van der Waals surface area contributed by atoms with Gasteiger partial charge in [0.2, 0.25) is 0 Å². The first-order valence-corrected chi connectivity index (χ1v) is 8.76. The highest BCUT2D eigenvalue weighted by molar-refractivity contribution is 6.10. The number of nitriles is 2. The van der Waals surface area contributed by atoms with Crippen molar-refractivity contribution in [2.24, 2.45) is 0 Å². The van der Waals surface area contributed by atoms with Crippen LogP contribution in [0.1, 0.15) is 41.3 Å². The molecule has 27 heavy (non-hydrogen) atoms. The number of carbonyl (C=O) groups excluding carboxylic acids is 1. The molecule has 2 aromatic rings. The van der Waals surface area contributed by atoms with Crippen molar-refractivity contribution in [3.63, 3.8) is 0 Å². The van der Waals surface area contributed by atoms with Gasteiger partial charge in [0.05, 0.1) is 29.9 Å². The summed E-state index contributed by atoms with van der Waals surface area (Å²) in [7, 11) is 0. The van der Waals surface area contributed by atoms with Gasteiger partial charge in [-0.2, -0.15) is 10.5 Å². The van der Waals surface area contributed by atoms with Crippen molar-refractivity contribution < 1.29 is 14.6 Å². The summed E-state index contributed by atoms with van der Waals surface area (Å²) in [5, 5.41) is 28.7. The Kier molecular flexibility index (Phi) is 5.35. The summed E-state index contributed by atoms with van der Waals surface area (Å²) < 4.78 is 5.38. The lowest BCUT2D eigenvalue weighted by atomic mass is 9.95. The molecule has 3 rings (SSSR count). The van der Waals surface area contributed by atoms with Gasteiger partial charge in [0.1, 0.15) is 0 Å². The Balaban J connectivity index is 2.23. The van der Waals surface area contributed by atoms with Crippen LogP contribution in [0.3, 0.4) is 0 Å². The van der Waals surface area contributed by atoms with Crippen LogP contribution in [0, 0.1) is 22.7 Å².